The van der Waals surface area contributed by atoms with Crippen LogP contribution >= 0.6 is 11.8 Å². The van der Waals surface area contributed by atoms with Crippen molar-refractivity contribution in [3.63, 3.8) is 0 Å². The van der Waals surface area contributed by atoms with Crippen LogP contribution in [0, 0.1) is 0 Å². The normalized spacial score (nSPS) is 15.9. The fourth-order valence-corrected chi connectivity index (χ4v) is 0.467. The Bertz CT molecular complexity index is 242. The monoisotopic (exact) mass is 249 g/mol. The average Bonchev–Trinajstić information content (AvgIpc) is 2.00. The van der Waals surface area contributed by atoms with Gasteiger partial charge in [0.15, 0.2) is 0 Å². The lowest BCUT2D eigenvalue weighted by atomic mass is 10.1. The van der Waals surface area contributed by atoms with Crippen molar-refractivity contribution in [3.8, 4) is 0 Å². The van der Waals surface area contributed by atoms with E-state index in [1.165, 1.54) is 4.51 Å². The summed E-state index contributed by atoms with van der Waals surface area (Å²) in [7, 11) is 0. The van der Waals surface area contributed by atoms with Gasteiger partial charge in [0.2, 0.25) is 0 Å². The van der Waals surface area contributed by atoms with Gasteiger partial charge in [0.05, 0.1) is 0 Å². The van der Waals surface area contributed by atoms with Gasteiger partial charge in [-0.3, -0.25) is 0 Å². The molecule has 0 amide bonds. The van der Waals surface area contributed by atoms with Gasteiger partial charge in [-0.25, -0.2) is 0 Å². The molecule has 0 aliphatic heterocycles. The summed E-state index contributed by atoms with van der Waals surface area (Å²) in [4.78, 5) is 0. The first-order valence-electron chi connectivity index (χ1n) is 2.65. The molecule has 0 saturated carbocycles. The largest absolute Gasteiger partial charge is 0.460 e. The van der Waals surface area contributed by atoms with Crippen LogP contribution in [-0.4, -0.2) is 24.0 Å². The summed E-state index contributed by atoms with van der Waals surface area (Å²) in [5, 5.41) is 0. The maximum atomic E-state index is 12.0. The maximum Gasteiger partial charge on any atom is 0.460 e. The summed E-state index contributed by atoms with van der Waals surface area (Å²) in [6.45, 7) is 0. The molecule has 0 spiro atoms. The van der Waals surface area contributed by atoms with Crippen molar-refractivity contribution in [2.75, 3.05) is 0 Å². The van der Waals surface area contributed by atoms with Gasteiger partial charge in [0, 0.05) is 11.8 Å². The first kappa shape index (κ1) is 13.4. The third-order valence-electron chi connectivity index (χ3n) is 1.08. The van der Waals surface area contributed by atoms with Gasteiger partial charge in [0.1, 0.15) is 0 Å². The summed E-state index contributed by atoms with van der Waals surface area (Å²) < 4.78 is 95.1. The van der Waals surface area contributed by atoms with Crippen molar-refractivity contribution in [2.24, 2.45) is 4.51 Å². The van der Waals surface area contributed by atoms with Crippen LogP contribution in [0.1, 0.15) is 0 Å². The highest BCUT2D eigenvalue weighted by molar-refractivity contribution is 6.19. The van der Waals surface area contributed by atoms with Crippen molar-refractivity contribution in [3.05, 3.63) is 0 Å². The molecule has 0 atom stereocenters. The fourth-order valence-electron chi connectivity index (χ4n) is 0.361. The second-order valence-electron chi connectivity index (χ2n) is 2.02. The standard InChI is InChI=1S/C4ClF8N/c5-14-1(6)2(7,8)3(9,10)4(11,12)13. The van der Waals surface area contributed by atoms with E-state index in [4.69, 9.17) is 0 Å². The number of alkyl halides is 7. The molecule has 0 aromatic heterocycles. The molecule has 1 nitrogen and oxygen atoms in total. The van der Waals surface area contributed by atoms with Gasteiger partial charge in [-0.1, -0.05) is 0 Å². The summed E-state index contributed by atoms with van der Waals surface area (Å²) in [5.74, 6) is -16.0. The van der Waals surface area contributed by atoms with E-state index in [1.807, 2.05) is 0 Å². The summed E-state index contributed by atoms with van der Waals surface area (Å²) in [5.41, 5.74) is 0. The molecule has 84 valence electrons. The highest BCUT2D eigenvalue weighted by Crippen LogP contribution is 2.47. The molecule has 0 rings (SSSR count). The van der Waals surface area contributed by atoms with Gasteiger partial charge in [-0.15, -0.1) is 4.51 Å². The van der Waals surface area contributed by atoms with Crippen LogP contribution in [0.15, 0.2) is 4.51 Å². The highest BCUT2D eigenvalue weighted by Gasteiger charge is 2.75. The Morgan fingerprint density at radius 3 is 1.50 bits per heavy atom. The second-order valence-corrected chi connectivity index (χ2v) is 2.19. The van der Waals surface area contributed by atoms with Gasteiger partial charge in [0.25, 0.3) is 5.97 Å². The van der Waals surface area contributed by atoms with Crippen molar-refractivity contribution in [1.82, 2.24) is 0 Å². The first-order chi connectivity index (χ1) is 5.98. The van der Waals surface area contributed by atoms with E-state index in [0.717, 1.165) is 0 Å². The number of hydrogen-bond acceptors (Lipinski definition) is 1. The van der Waals surface area contributed by atoms with E-state index in [9.17, 15) is 35.1 Å². The molecule has 0 fully saturated rings. The minimum atomic E-state index is -6.60. The van der Waals surface area contributed by atoms with Gasteiger partial charge in [-0.2, -0.15) is 35.1 Å². The quantitative estimate of drug-likeness (QED) is 0.526. The number of rotatable bonds is 2. The third kappa shape index (κ3) is 1.91. The van der Waals surface area contributed by atoms with Crippen molar-refractivity contribution in [1.29, 1.82) is 0 Å². The Hall–Kier alpha value is -0.600. The third-order valence-corrected chi connectivity index (χ3v) is 1.23. The lowest BCUT2D eigenvalue weighted by molar-refractivity contribution is -0.337. The lowest BCUT2D eigenvalue weighted by Crippen LogP contribution is -2.55. The topological polar surface area (TPSA) is 12.4 Å². The Labute approximate surface area is 76.5 Å². The molecule has 0 saturated heterocycles. The average molecular weight is 249 g/mol. The summed E-state index contributed by atoms with van der Waals surface area (Å²) in [6.07, 6.45) is -6.60. The van der Waals surface area contributed by atoms with Gasteiger partial charge < -0.3 is 0 Å². The van der Waals surface area contributed by atoms with Crippen LogP contribution in [0.3, 0.4) is 0 Å². The van der Waals surface area contributed by atoms with Crippen molar-refractivity contribution < 1.29 is 35.1 Å². The molecule has 0 aromatic carbocycles. The van der Waals surface area contributed by atoms with Crippen LogP contribution in [0.4, 0.5) is 35.1 Å². The maximum absolute atomic E-state index is 12.0. The van der Waals surface area contributed by atoms with Crippen LogP contribution in [-0.2, 0) is 0 Å². The fraction of sp³-hybridized carbons (Fsp3) is 0.750. The molecule has 0 radical (unpaired) electrons. The molecule has 0 bridgehead atoms. The van der Waals surface area contributed by atoms with Crippen molar-refractivity contribution >= 4 is 17.7 Å². The molecule has 0 N–H and O–H groups in total. The minimum Gasteiger partial charge on any atom is -0.189 e. The van der Waals surface area contributed by atoms with E-state index in [2.05, 4.69) is 11.8 Å². The number of hydrogen-bond donors (Lipinski definition) is 0. The summed E-state index contributed by atoms with van der Waals surface area (Å²) in [6, 6.07) is 0. The van der Waals surface area contributed by atoms with E-state index < -0.39 is 24.0 Å². The summed E-state index contributed by atoms with van der Waals surface area (Å²) >= 11 is 4.02. The number of nitrogens with zero attached hydrogens (tertiary/aromatic N) is 1. The zero-order valence-electron chi connectivity index (χ0n) is 5.85. The highest BCUT2D eigenvalue weighted by atomic mass is 35.5. The first-order valence-corrected chi connectivity index (χ1v) is 2.99. The van der Waals surface area contributed by atoms with Crippen molar-refractivity contribution in [2.45, 2.75) is 18.0 Å². The zero-order chi connectivity index (χ0) is 11.8. The van der Waals surface area contributed by atoms with E-state index in [0.29, 0.717) is 0 Å². The van der Waals surface area contributed by atoms with Gasteiger partial charge in [-0.05, 0) is 0 Å². The van der Waals surface area contributed by atoms with Crippen LogP contribution in [0.5, 0.6) is 0 Å². The molecular formula is C4ClF8N. The minimum absolute atomic E-state index is 1.43. The zero-order valence-corrected chi connectivity index (χ0v) is 6.60. The van der Waals surface area contributed by atoms with Crippen LogP contribution in [0.2, 0.25) is 0 Å². The Balaban J connectivity index is 5.29. The Morgan fingerprint density at radius 1 is 0.929 bits per heavy atom. The van der Waals surface area contributed by atoms with Crippen LogP contribution in [0.25, 0.3) is 0 Å². The predicted octanol–water partition coefficient (Wildman–Crippen LogP) is 3.34. The molecule has 0 aliphatic carbocycles. The molecule has 0 aliphatic rings. The molecule has 10 heteroatoms. The van der Waals surface area contributed by atoms with E-state index in [-0.39, 0.29) is 0 Å². The second kappa shape index (κ2) is 3.52. The molecule has 0 heterocycles. The smallest absolute Gasteiger partial charge is 0.189 e. The molecule has 14 heavy (non-hydrogen) atoms. The molecular weight excluding hydrogens is 249 g/mol. The van der Waals surface area contributed by atoms with E-state index in [1.54, 1.807) is 0 Å². The van der Waals surface area contributed by atoms with E-state index >= 15 is 0 Å². The Morgan fingerprint density at radius 2 is 1.29 bits per heavy atom. The van der Waals surface area contributed by atoms with Gasteiger partial charge >= 0.3 is 18.0 Å². The Kier molecular flexibility index (Phi) is 3.37. The SMILES string of the molecule is FC(=NCl)C(F)(F)C(F)(F)C(F)(F)F. The molecule has 0 aromatic rings. The molecule has 0 unspecified atom stereocenters. The lowest BCUT2D eigenvalue weighted by Gasteiger charge is -2.25. The van der Waals surface area contributed by atoms with Crippen LogP contribution < -0.4 is 0 Å². The predicted molar refractivity (Wildman–Crippen MR) is 30.3 cm³/mol. The number of halogens is 9.